The number of benzene rings is 2. The van der Waals surface area contributed by atoms with Crippen LogP contribution >= 0.6 is 0 Å². The van der Waals surface area contributed by atoms with Crippen LogP contribution in [-0.4, -0.2) is 53.1 Å². The standard InChI is InChI=1S/C19H18N4O7.4CH4/c20-7-22-16(25)13-5-9(1-3-11(13)18(27)28)15(24)10-2-4-12(19(29)30)14(6-10)17(26)23-8-21;;;;/h1-6H,7-8,20-21H2,(H,22,25)(H,23,26)(H,27,28)(H,29,30);4*1H4. The van der Waals surface area contributed by atoms with Crippen molar-refractivity contribution >= 4 is 29.5 Å². The number of carbonyl (C=O) groups is 5. The van der Waals surface area contributed by atoms with Gasteiger partial charge in [0.1, 0.15) is 0 Å². The van der Waals surface area contributed by atoms with Gasteiger partial charge in [-0.3, -0.25) is 14.4 Å². The van der Waals surface area contributed by atoms with Gasteiger partial charge in [0.15, 0.2) is 5.78 Å². The first-order valence-electron chi connectivity index (χ1n) is 8.47. The fraction of sp³-hybridized carbons (Fsp3) is 0.261. The summed E-state index contributed by atoms with van der Waals surface area (Å²) >= 11 is 0. The molecule has 0 heterocycles. The van der Waals surface area contributed by atoms with E-state index < -0.39 is 29.5 Å². The fourth-order valence-electron chi connectivity index (χ4n) is 2.66. The first kappa shape index (κ1) is 34.5. The lowest BCUT2D eigenvalue weighted by atomic mass is 9.95. The minimum Gasteiger partial charge on any atom is -0.478 e. The van der Waals surface area contributed by atoms with Crippen molar-refractivity contribution in [2.45, 2.75) is 29.7 Å². The molecule has 0 aliphatic carbocycles. The van der Waals surface area contributed by atoms with Crippen LogP contribution in [-0.2, 0) is 0 Å². The van der Waals surface area contributed by atoms with E-state index in [1.807, 2.05) is 0 Å². The second-order valence-corrected chi connectivity index (χ2v) is 5.88. The van der Waals surface area contributed by atoms with Crippen molar-refractivity contribution in [3.8, 4) is 0 Å². The molecule has 0 bridgehead atoms. The Morgan fingerprint density at radius 1 is 0.618 bits per heavy atom. The van der Waals surface area contributed by atoms with Crippen molar-refractivity contribution in [2.75, 3.05) is 13.3 Å². The molecule has 8 N–H and O–H groups in total. The number of carboxylic acids is 2. The molecule has 0 radical (unpaired) electrons. The van der Waals surface area contributed by atoms with Crippen molar-refractivity contribution in [1.29, 1.82) is 0 Å². The van der Waals surface area contributed by atoms with Gasteiger partial charge < -0.3 is 32.3 Å². The van der Waals surface area contributed by atoms with Crippen molar-refractivity contribution in [2.24, 2.45) is 11.5 Å². The van der Waals surface area contributed by atoms with E-state index in [0.717, 1.165) is 24.3 Å². The maximum atomic E-state index is 12.9. The highest BCUT2D eigenvalue weighted by molar-refractivity contribution is 6.14. The highest BCUT2D eigenvalue weighted by atomic mass is 16.4. The zero-order valence-electron chi connectivity index (χ0n) is 15.5. The largest absolute Gasteiger partial charge is 0.478 e. The van der Waals surface area contributed by atoms with Gasteiger partial charge in [0.05, 0.1) is 35.6 Å². The van der Waals surface area contributed by atoms with E-state index in [4.69, 9.17) is 11.5 Å². The molecule has 0 aromatic heterocycles. The van der Waals surface area contributed by atoms with Gasteiger partial charge in [0, 0.05) is 11.1 Å². The molecule has 2 aromatic carbocycles. The highest BCUT2D eigenvalue weighted by Crippen LogP contribution is 2.19. The van der Waals surface area contributed by atoms with E-state index in [9.17, 15) is 34.2 Å². The second kappa shape index (κ2) is 14.9. The van der Waals surface area contributed by atoms with Crippen LogP contribution in [0.2, 0.25) is 0 Å². The van der Waals surface area contributed by atoms with Gasteiger partial charge in [-0.05, 0) is 24.3 Å². The van der Waals surface area contributed by atoms with Crippen LogP contribution in [0.3, 0.4) is 0 Å². The minimum absolute atomic E-state index is 0. The summed E-state index contributed by atoms with van der Waals surface area (Å²) in [4.78, 5) is 59.8. The molecule has 2 amide bonds. The average Bonchev–Trinajstić information content (AvgIpc) is 2.72. The van der Waals surface area contributed by atoms with Gasteiger partial charge in [-0.25, -0.2) is 9.59 Å². The minimum atomic E-state index is -1.37. The number of rotatable bonds is 8. The van der Waals surface area contributed by atoms with Crippen molar-refractivity contribution < 1.29 is 34.2 Å². The van der Waals surface area contributed by atoms with Crippen LogP contribution in [0, 0.1) is 0 Å². The molecule has 188 valence electrons. The summed E-state index contributed by atoms with van der Waals surface area (Å²) in [5.41, 5.74) is 9.19. The van der Waals surface area contributed by atoms with Crippen molar-refractivity contribution in [3.63, 3.8) is 0 Å². The lowest BCUT2D eigenvalue weighted by molar-refractivity contribution is 0.0682. The first-order chi connectivity index (χ1) is 14.2. The molecule has 0 aliphatic heterocycles. The molecule has 0 spiro atoms. The highest BCUT2D eigenvalue weighted by Gasteiger charge is 2.22. The molecule has 0 fully saturated rings. The van der Waals surface area contributed by atoms with E-state index in [0.29, 0.717) is 0 Å². The van der Waals surface area contributed by atoms with E-state index in [2.05, 4.69) is 10.6 Å². The van der Waals surface area contributed by atoms with Gasteiger partial charge in [0.2, 0.25) is 0 Å². The SMILES string of the molecule is C.C.C.C.NCNC(=O)c1cc(C(=O)c2ccc(C(=O)O)c(C(=O)NCN)c2)ccc1C(=O)O. The summed E-state index contributed by atoms with van der Waals surface area (Å²) in [6.07, 6.45) is 0. The molecular formula is C23H34N4O7. The Labute approximate surface area is 199 Å². The monoisotopic (exact) mass is 478 g/mol. The molecule has 2 rings (SSSR count). The molecule has 0 unspecified atom stereocenters. The fourth-order valence-corrected chi connectivity index (χ4v) is 2.66. The molecular weight excluding hydrogens is 444 g/mol. The summed E-state index contributed by atoms with van der Waals surface area (Å²) in [5.74, 6) is -4.97. The number of ketones is 1. The Balaban J connectivity index is -0.00000240. The van der Waals surface area contributed by atoms with E-state index in [-0.39, 0.29) is 76.4 Å². The van der Waals surface area contributed by atoms with Crippen LogP contribution in [0.25, 0.3) is 0 Å². The van der Waals surface area contributed by atoms with Crippen LogP contribution in [0.5, 0.6) is 0 Å². The third-order valence-electron chi connectivity index (χ3n) is 4.04. The average molecular weight is 479 g/mol. The summed E-state index contributed by atoms with van der Waals surface area (Å²) in [6, 6.07) is 6.76. The van der Waals surface area contributed by atoms with Gasteiger partial charge in [-0.15, -0.1) is 0 Å². The molecule has 34 heavy (non-hydrogen) atoms. The molecule has 0 saturated carbocycles. The summed E-state index contributed by atoms with van der Waals surface area (Å²) in [6.45, 7) is -0.487. The van der Waals surface area contributed by atoms with Crippen LogP contribution < -0.4 is 22.1 Å². The van der Waals surface area contributed by atoms with Crippen LogP contribution in [0.4, 0.5) is 0 Å². The molecule has 11 heteroatoms. The first-order valence-corrected chi connectivity index (χ1v) is 8.47. The molecule has 11 nitrogen and oxygen atoms in total. The Morgan fingerprint density at radius 2 is 0.941 bits per heavy atom. The summed E-state index contributed by atoms with van der Waals surface area (Å²) in [5, 5.41) is 23.0. The number of carbonyl (C=O) groups excluding carboxylic acids is 3. The van der Waals surface area contributed by atoms with Crippen molar-refractivity contribution in [1.82, 2.24) is 10.6 Å². The van der Waals surface area contributed by atoms with Gasteiger partial charge in [-0.2, -0.15) is 0 Å². The molecule has 0 saturated heterocycles. The molecule has 2 aromatic rings. The molecule has 0 atom stereocenters. The Kier molecular flexibility index (Phi) is 15.1. The number of amides is 2. The third-order valence-corrected chi connectivity index (χ3v) is 4.04. The quantitative estimate of drug-likeness (QED) is 0.243. The number of aromatic carboxylic acids is 2. The third kappa shape index (κ3) is 7.50. The second-order valence-electron chi connectivity index (χ2n) is 5.88. The number of carboxylic acid groups (broad SMARTS) is 2. The Hall–Kier alpha value is -4.09. The van der Waals surface area contributed by atoms with Gasteiger partial charge in [0.25, 0.3) is 11.8 Å². The van der Waals surface area contributed by atoms with E-state index >= 15 is 0 Å². The van der Waals surface area contributed by atoms with Gasteiger partial charge in [-0.1, -0.05) is 41.8 Å². The van der Waals surface area contributed by atoms with E-state index in [1.165, 1.54) is 12.1 Å². The number of nitrogens with two attached hydrogens (primary N) is 2. The normalized spacial score (nSPS) is 9.00. The topological polar surface area (TPSA) is 202 Å². The zero-order chi connectivity index (χ0) is 22.4. The maximum Gasteiger partial charge on any atom is 0.336 e. The number of hydrogen-bond acceptors (Lipinski definition) is 7. The Morgan fingerprint density at radius 3 is 1.21 bits per heavy atom. The van der Waals surface area contributed by atoms with Crippen LogP contribution in [0.1, 0.15) is 87.1 Å². The lowest BCUT2D eigenvalue weighted by Gasteiger charge is -2.11. The van der Waals surface area contributed by atoms with E-state index in [1.54, 1.807) is 0 Å². The zero-order valence-corrected chi connectivity index (χ0v) is 15.5. The van der Waals surface area contributed by atoms with Crippen LogP contribution in [0.15, 0.2) is 36.4 Å². The van der Waals surface area contributed by atoms with Crippen molar-refractivity contribution in [3.05, 3.63) is 69.8 Å². The van der Waals surface area contributed by atoms with Gasteiger partial charge >= 0.3 is 11.9 Å². The summed E-state index contributed by atoms with van der Waals surface area (Å²) in [7, 11) is 0. The smallest absolute Gasteiger partial charge is 0.336 e. The summed E-state index contributed by atoms with van der Waals surface area (Å²) < 4.78 is 0. The number of nitrogens with one attached hydrogen (secondary N) is 2. The Bertz CT molecular complexity index is 970. The predicted molar refractivity (Wildman–Crippen MR) is 130 cm³/mol. The lowest BCUT2D eigenvalue weighted by Crippen LogP contribution is -2.31. The maximum absolute atomic E-state index is 12.9. The number of hydrogen-bond donors (Lipinski definition) is 6. The predicted octanol–water partition coefficient (Wildman–Crippen LogP) is 2.15. The molecule has 0 aliphatic rings.